The first-order valence-corrected chi connectivity index (χ1v) is 14.1. The van der Waals surface area contributed by atoms with Crippen LogP contribution in [0.1, 0.15) is 45.3 Å². The lowest BCUT2D eigenvalue weighted by Gasteiger charge is -2.43. The number of piperazine rings is 1. The van der Waals surface area contributed by atoms with Gasteiger partial charge in [0.2, 0.25) is 5.95 Å². The number of ether oxygens (including phenoxy) is 1. The first kappa shape index (κ1) is 25.2. The molecule has 0 atom stereocenters. The van der Waals surface area contributed by atoms with Crippen LogP contribution < -0.4 is 10.2 Å². The van der Waals surface area contributed by atoms with E-state index in [0.29, 0.717) is 19.2 Å². The minimum atomic E-state index is 0.174. The van der Waals surface area contributed by atoms with Crippen molar-refractivity contribution < 1.29 is 4.74 Å². The molecule has 3 aromatic heterocycles. The topological polar surface area (TPSA) is 89.2 Å². The third kappa shape index (κ3) is 4.34. The fourth-order valence-electron chi connectivity index (χ4n) is 5.95. The number of nitrogens with zero attached hydrogens (tertiary/aromatic N) is 8. The Kier molecular flexibility index (Phi) is 6.79. The molecular weight excluding hydrogens is 478 g/mol. The number of nitrogens with one attached hydrogen (secondary N) is 1. The van der Waals surface area contributed by atoms with E-state index >= 15 is 0 Å². The number of para-hydroxylation sites is 2. The second kappa shape index (κ2) is 10.2. The second-order valence-corrected chi connectivity index (χ2v) is 10.5. The maximum atomic E-state index is 5.66. The summed E-state index contributed by atoms with van der Waals surface area (Å²) in [6, 6.07) is 8.21. The highest BCUT2D eigenvalue weighted by Gasteiger charge is 2.32. The van der Waals surface area contributed by atoms with E-state index in [9.17, 15) is 0 Å². The zero-order valence-corrected chi connectivity index (χ0v) is 23.1. The predicted molar refractivity (Wildman–Crippen MR) is 150 cm³/mol. The number of fused-ring (bicyclic) bond motifs is 2. The minimum absolute atomic E-state index is 0.174. The lowest BCUT2D eigenvalue weighted by molar-refractivity contribution is 0.115. The molecule has 10 nitrogen and oxygen atoms in total. The van der Waals surface area contributed by atoms with E-state index in [-0.39, 0.29) is 5.54 Å². The Morgan fingerprint density at radius 3 is 2.50 bits per heavy atom. The Morgan fingerprint density at radius 1 is 0.947 bits per heavy atom. The van der Waals surface area contributed by atoms with E-state index in [0.717, 1.165) is 98.2 Å². The van der Waals surface area contributed by atoms with Gasteiger partial charge >= 0.3 is 0 Å². The van der Waals surface area contributed by atoms with Gasteiger partial charge in [-0.2, -0.15) is 9.97 Å². The van der Waals surface area contributed by atoms with Crippen LogP contribution in [-0.2, 0) is 24.8 Å². The highest BCUT2D eigenvalue weighted by atomic mass is 16.5. The lowest BCUT2D eigenvalue weighted by atomic mass is 9.90. The molecule has 1 N–H and O–H groups in total. The number of rotatable bonds is 7. The fraction of sp³-hybridized carbons (Fsp3) is 0.571. The summed E-state index contributed by atoms with van der Waals surface area (Å²) < 4.78 is 9.93. The van der Waals surface area contributed by atoms with Crippen molar-refractivity contribution in [2.45, 2.75) is 52.1 Å². The van der Waals surface area contributed by atoms with Crippen LogP contribution >= 0.6 is 0 Å². The van der Waals surface area contributed by atoms with Gasteiger partial charge in [-0.25, -0.2) is 9.97 Å². The molecule has 2 aliphatic heterocycles. The van der Waals surface area contributed by atoms with Crippen molar-refractivity contribution in [2.24, 2.45) is 7.05 Å². The van der Waals surface area contributed by atoms with Crippen LogP contribution in [-0.4, -0.2) is 85.4 Å². The molecule has 1 aromatic carbocycles. The first-order chi connectivity index (χ1) is 18.6. The molecule has 6 rings (SSSR count). The number of aromatic nitrogens is 6. The summed E-state index contributed by atoms with van der Waals surface area (Å²) in [6.07, 6.45) is 3.04. The molecule has 202 valence electrons. The zero-order valence-electron chi connectivity index (χ0n) is 23.1. The number of aryl methyl sites for hydroxylation is 2. The summed E-state index contributed by atoms with van der Waals surface area (Å²) in [5.74, 6) is 3.51. The summed E-state index contributed by atoms with van der Waals surface area (Å²) in [5, 5.41) is 3.77. The predicted octanol–water partition coefficient (Wildman–Crippen LogP) is 3.07. The van der Waals surface area contributed by atoms with Gasteiger partial charge in [0.15, 0.2) is 17.0 Å². The summed E-state index contributed by atoms with van der Waals surface area (Å²) in [6.45, 7) is 13.5. The maximum absolute atomic E-state index is 5.66. The van der Waals surface area contributed by atoms with Gasteiger partial charge in [-0.3, -0.25) is 9.47 Å². The Bertz CT molecular complexity index is 1430. The molecule has 0 amide bonds. The van der Waals surface area contributed by atoms with Crippen molar-refractivity contribution >= 4 is 28.0 Å². The van der Waals surface area contributed by atoms with Gasteiger partial charge in [-0.15, -0.1) is 0 Å². The first-order valence-electron chi connectivity index (χ1n) is 14.1. The number of hydrogen-bond donors (Lipinski definition) is 1. The molecular formula is C28H39N9O. The smallest absolute Gasteiger partial charge is 0.239 e. The molecule has 10 heteroatoms. The minimum Gasteiger partial charge on any atom is -0.378 e. The zero-order chi connectivity index (χ0) is 26.3. The Labute approximate surface area is 224 Å². The standard InChI is InChI=1S/C28H39N9O/c1-5-22-30-20-10-8-9-11-21(20)37(22)27-32-25-24(26(33-27)36-14-16-38-17-15-36)31-23(34(25)4)18-35-13-12-29-28(6-2,7-3)19-35/h8-11,29H,5-7,12-19H2,1-4H3. The van der Waals surface area contributed by atoms with E-state index in [2.05, 4.69) is 64.2 Å². The highest BCUT2D eigenvalue weighted by Crippen LogP contribution is 2.29. The van der Waals surface area contributed by atoms with Crippen molar-refractivity contribution in [3.05, 3.63) is 35.9 Å². The summed E-state index contributed by atoms with van der Waals surface area (Å²) in [4.78, 5) is 25.2. The van der Waals surface area contributed by atoms with Crippen molar-refractivity contribution in [3.8, 4) is 5.95 Å². The lowest BCUT2D eigenvalue weighted by Crippen LogP contribution is -2.59. The molecule has 0 aliphatic carbocycles. The average molecular weight is 518 g/mol. The van der Waals surface area contributed by atoms with Crippen LogP contribution in [0.25, 0.3) is 28.1 Å². The SMILES string of the molecule is CCc1nc2ccccc2n1-c1nc(N2CCOCC2)c2nc(CN3CCNC(CC)(CC)C3)n(C)c2n1. The van der Waals surface area contributed by atoms with Crippen LogP contribution in [0.3, 0.4) is 0 Å². The van der Waals surface area contributed by atoms with Gasteiger partial charge in [0.1, 0.15) is 11.6 Å². The molecule has 2 aliphatic rings. The van der Waals surface area contributed by atoms with Crippen molar-refractivity contribution in [1.29, 1.82) is 0 Å². The van der Waals surface area contributed by atoms with Gasteiger partial charge in [0.25, 0.3) is 0 Å². The highest BCUT2D eigenvalue weighted by molar-refractivity contribution is 5.86. The number of anilines is 1. The van der Waals surface area contributed by atoms with E-state index in [1.807, 2.05) is 12.1 Å². The summed E-state index contributed by atoms with van der Waals surface area (Å²) in [5.41, 5.74) is 3.88. The molecule has 0 radical (unpaired) electrons. The summed E-state index contributed by atoms with van der Waals surface area (Å²) >= 11 is 0. The van der Waals surface area contributed by atoms with Gasteiger partial charge < -0.3 is 19.5 Å². The molecule has 4 aromatic rings. The molecule has 5 heterocycles. The third-order valence-electron chi connectivity index (χ3n) is 8.41. The summed E-state index contributed by atoms with van der Waals surface area (Å²) in [7, 11) is 2.09. The van der Waals surface area contributed by atoms with Crippen LogP contribution in [0.4, 0.5) is 5.82 Å². The molecule has 0 unspecified atom stereocenters. The molecule has 2 saturated heterocycles. The Morgan fingerprint density at radius 2 is 1.74 bits per heavy atom. The second-order valence-electron chi connectivity index (χ2n) is 10.5. The maximum Gasteiger partial charge on any atom is 0.239 e. The monoisotopic (exact) mass is 517 g/mol. The molecule has 0 spiro atoms. The largest absolute Gasteiger partial charge is 0.378 e. The normalized spacial score (nSPS) is 18.6. The molecule has 0 bridgehead atoms. The van der Waals surface area contributed by atoms with Crippen LogP contribution in [0.15, 0.2) is 24.3 Å². The Hall–Kier alpha value is -3.08. The van der Waals surface area contributed by atoms with E-state index in [1.54, 1.807) is 0 Å². The number of imidazole rings is 2. The Balaban J connectivity index is 1.47. The van der Waals surface area contributed by atoms with Crippen molar-refractivity contribution in [3.63, 3.8) is 0 Å². The number of benzene rings is 1. The fourth-order valence-corrected chi connectivity index (χ4v) is 5.95. The van der Waals surface area contributed by atoms with Crippen LogP contribution in [0, 0.1) is 0 Å². The number of hydrogen-bond acceptors (Lipinski definition) is 8. The van der Waals surface area contributed by atoms with E-state index in [4.69, 9.17) is 24.7 Å². The molecule has 0 saturated carbocycles. The van der Waals surface area contributed by atoms with Gasteiger partial charge in [0, 0.05) is 51.7 Å². The van der Waals surface area contributed by atoms with Crippen LogP contribution in [0.5, 0.6) is 0 Å². The van der Waals surface area contributed by atoms with E-state index in [1.165, 1.54) is 0 Å². The van der Waals surface area contributed by atoms with Gasteiger partial charge in [-0.1, -0.05) is 32.9 Å². The van der Waals surface area contributed by atoms with Gasteiger partial charge in [0.05, 0.1) is 30.8 Å². The third-order valence-corrected chi connectivity index (χ3v) is 8.41. The van der Waals surface area contributed by atoms with Crippen molar-refractivity contribution in [2.75, 3.05) is 50.8 Å². The van der Waals surface area contributed by atoms with E-state index < -0.39 is 0 Å². The van der Waals surface area contributed by atoms with Crippen molar-refractivity contribution in [1.82, 2.24) is 39.3 Å². The average Bonchev–Trinajstić information content (AvgIpc) is 3.50. The molecule has 38 heavy (non-hydrogen) atoms. The van der Waals surface area contributed by atoms with Crippen LogP contribution in [0.2, 0.25) is 0 Å². The quantitative estimate of drug-likeness (QED) is 0.400. The van der Waals surface area contributed by atoms with Gasteiger partial charge in [-0.05, 0) is 25.0 Å². The number of morpholine rings is 1. The molecule has 2 fully saturated rings.